The molecular weight excluding hydrogens is 294 g/mol. The van der Waals surface area contributed by atoms with Gasteiger partial charge < -0.3 is 4.42 Å². The number of hydrogen-bond donors (Lipinski definition) is 0. The first kappa shape index (κ1) is 13.4. The highest BCUT2D eigenvalue weighted by Crippen LogP contribution is 2.40. The van der Waals surface area contributed by atoms with Crippen molar-refractivity contribution in [2.75, 3.05) is 0 Å². The molecule has 0 radical (unpaired) electrons. The summed E-state index contributed by atoms with van der Waals surface area (Å²) in [5, 5.41) is 0. The lowest BCUT2D eigenvalue weighted by Crippen LogP contribution is -2.13. The van der Waals surface area contributed by atoms with Crippen molar-refractivity contribution in [3.8, 4) is 0 Å². The zero-order valence-corrected chi connectivity index (χ0v) is 12.7. The Kier molecular flexibility index (Phi) is 3.41. The van der Waals surface area contributed by atoms with E-state index in [2.05, 4.69) is 36.7 Å². The molecule has 4 heteroatoms. The summed E-state index contributed by atoms with van der Waals surface area (Å²) in [6.45, 7) is 9.08. The average molecular weight is 312 g/mol. The van der Waals surface area contributed by atoms with Crippen LogP contribution in [0.3, 0.4) is 0 Å². The molecule has 18 heavy (non-hydrogen) atoms. The van der Waals surface area contributed by atoms with E-state index in [4.69, 9.17) is 4.42 Å². The van der Waals surface area contributed by atoms with E-state index in [1.807, 2.05) is 25.1 Å². The molecule has 0 saturated carbocycles. The standard InChI is InChI=1S/C14H18BrNO2/c1-5-16-10-7-6-9(12(15)14(2,3)4)8-11(10)18-13(16)17/h6-8,12H,5H2,1-4H3. The van der Waals surface area contributed by atoms with Gasteiger partial charge in [0.15, 0.2) is 5.58 Å². The lowest BCUT2D eigenvalue weighted by Gasteiger charge is -2.25. The van der Waals surface area contributed by atoms with E-state index in [9.17, 15) is 4.79 Å². The maximum Gasteiger partial charge on any atom is 0.419 e. The van der Waals surface area contributed by atoms with Gasteiger partial charge in [-0.2, -0.15) is 0 Å². The minimum atomic E-state index is -0.286. The second-order valence-electron chi connectivity index (χ2n) is 5.57. The smallest absolute Gasteiger partial charge is 0.408 e. The van der Waals surface area contributed by atoms with Crippen molar-refractivity contribution in [3.63, 3.8) is 0 Å². The van der Waals surface area contributed by atoms with Crippen molar-refractivity contribution in [2.24, 2.45) is 5.41 Å². The lowest BCUT2D eigenvalue weighted by atomic mass is 9.88. The van der Waals surface area contributed by atoms with E-state index in [0.717, 1.165) is 11.1 Å². The summed E-state index contributed by atoms with van der Waals surface area (Å²) < 4.78 is 6.92. The molecule has 0 spiro atoms. The SMILES string of the molecule is CCn1c(=O)oc2cc(C(Br)C(C)(C)C)ccc21. The fraction of sp³-hybridized carbons (Fsp3) is 0.500. The van der Waals surface area contributed by atoms with Gasteiger partial charge in [0.05, 0.1) is 5.52 Å². The molecule has 1 aromatic carbocycles. The molecular formula is C14H18BrNO2. The first-order valence-corrected chi connectivity index (χ1v) is 7.03. The summed E-state index contributed by atoms with van der Waals surface area (Å²) in [6.07, 6.45) is 0. The molecule has 98 valence electrons. The Balaban J connectivity index is 2.56. The van der Waals surface area contributed by atoms with Crippen molar-refractivity contribution >= 4 is 27.0 Å². The summed E-state index contributed by atoms with van der Waals surface area (Å²) >= 11 is 3.71. The maximum atomic E-state index is 11.6. The van der Waals surface area contributed by atoms with Crippen LogP contribution in [0.5, 0.6) is 0 Å². The van der Waals surface area contributed by atoms with E-state index in [0.29, 0.717) is 12.1 Å². The molecule has 1 aromatic heterocycles. The van der Waals surface area contributed by atoms with Gasteiger partial charge in [-0.3, -0.25) is 4.57 Å². The van der Waals surface area contributed by atoms with Crippen molar-refractivity contribution in [2.45, 2.75) is 39.1 Å². The van der Waals surface area contributed by atoms with Gasteiger partial charge in [-0.15, -0.1) is 0 Å². The molecule has 0 aliphatic rings. The largest absolute Gasteiger partial charge is 0.419 e. The quantitative estimate of drug-likeness (QED) is 0.783. The second-order valence-corrected chi connectivity index (χ2v) is 6.48. The van der Waals surface area contributed by atoms with Gasteiger partial charge in [0.25, 0.3) is 0 Å². The number of hydrogen-bond acceptors (Lipinski definition) is 2. The highest BCUT2D eigenvalue weighted by atomic mass is 79.9. The number of aromatic nitrogens is 1. The Hall–Kier alpha value is -1.03. The lowest BCUT2D eigenvalue weighted by molar-refractivity contribution is 0.407. The molecule has 0 aliphatic carbocycles. The first-order valence-electron chi connectivity index (χ1n) is 6.12. The molecule has 0 aliphatic heterocycles. The summed E-state index contributed by atoms with van der Waals surface area (Å²) in [7, 11) is 0. The minimum absolute atomic E-state index is 0.112. The number of halogens is 1. The van der Waals surface area contributed by atoms with Crippen LogP contribution in [-0.4, -0.2) is 4.57 Å². The van der Waals surface area contributed by atoms with Crippen molar-refractivity contribution in [1.29, 1.82) is 0 Å². The van der Waals surface area contributed by atoms with E-state index in [1.54, 1.807) is 4.57 Å². The number of rotatable bonds is 2. The molecule has 2 aromatic rings. The summed E-state index contributed by atoms with van der Waals surface area (Å²) in [5.74, 6) is -0.286. The second kappa shape index (κ2) is 4.57. The van der Waals surface area contributed by atoms with Crippen molar-refractivity contribution in [3.05, 3.63) is 34.3 Å². The van der Waals surface area contributed by atoms with Gasteiger partial charge in [0.1, 0.15) is 0 Å². The van der Waals surface area contributed by atoms with Crippen LogP contribution in [0.15, 0.2) is 27.4 Å². The van der Waals surface area contributed by atoms with Crippen molar-refractivity contribution < 1.29 is 4.42 Å². The van der Waals surface area contributed by atoms with Crippen LogP contribution in [-0.2, 0) is 6.54 Å². The van der Waals surface area contributed by atoms with Crippen LogP contribution in [0.4, 0.5) is 0 Å². The Bertz CT molecular complexity index is 619. The molecule has 0 N–H and O–H groups in total. The predicted octanol–water partition coefficient (Wildman–Crippen LogP) is 4.10. The number of oxazole rings is 1. The van der Waals surface area contributed by atoms with Crippen LogP contribution >= 0.6 is 15.9 Å². The van der Waals surface area contributed by atoms with Crippen LogP contribution in [0.2, 0.25) is 0 Å². The zero-order chi connectivity index (χ0) is 13.5. The highest BCUT2D eigenvalue weighted by molar-refractivity contribution is 9.09. The fourth-order valence-corrected chi connectivity index (χ4v) is 2.32. The number of benzene rings is 1. The first-order chi connectivity index (χ1) is 8.34. The van der Waals surface area contributed by atoms with E-state index in [-0.39, 0.29) is 16.0 Å². The zero-order valence-electron chi connectivity index (χ0n) is 11.2. The van der Waals surface area contributed by atoms with E-state index < -0.39 is 0 Å². The summed E-state index contributed by atoms with van der Waals surface area (Å²) in [5.41, 5.74) is 2.77. The van der Waals surface area contributed by atoms with Gasteiger partial charge in [-0.1, -0.05) is 42.8 Å². The fourth-order valence-electron chi connectivity index (χ4n) is 2.04. The molecule has 3 nitrogen and oxygen atoms in total. The number of nitrogens with zero attached hydrogens (tertiary/aromatic N) is 1. The monoisotopic (exact) mass is 311 g/mol. The molecule has 1 atom stereocenters. The average Bonchev–Trinajstić information content (AvgIpc) is 2.60. The number of aryl methyl sites for hydroxylation is 1. The van der Waals surface area contributed by atoms with Gasteiger partial charge in [-0.05, 0) is 30.0 Å². The van der Waals surface area contributed by atoms with Crippen LogP contribution in [0.1, 0.15) is 38.1 Å². The Morgan fingerprint density at radius 1 is 1.39 bits per heavy atom. The van der Waals surface area contributed by atoms with Gasteiger partial charge in [0, 0.05) is 11.4 Å². The van der Waals surface area contributed by atoms with Gasteiger partial charge >= 0.3 is 5.76 Å². The van der Waals surface area contributed by atoms with E-state index in [1.165, 1.54) is 0 Å². The highest BCUT2D eigenvalue weighted by Gasteiger charge is 2.24. The van der Waals surface area contributed by atoms with E-state index >= 15 is 0 Å². The molecule has 1 heterocycles. The predicted molar refractivity (Wildman–Crippen MR) is 77.3 cm³/mol. The molecule has 0 saturated heterocycles. The summed E-state index contributed by atoms with van der Waals surface area (Å²) in [6, 6.07) is 5.96. The Labute approximate surface area is 115 Å². The third kappa shape index (κ3) is 2.26. The molecule has 2 rings (SSSR count). The van der Waals surface area contributed by atoms with Crippen molar-refractivity contribution in [1.82, 2.24) is 4.57 Å². The van der Waals surface area contributed by atoms with Crippen LogP contribution in [0.25, 0.3) is 11.1 Å². The third-order valence-corrected chi connectivity index (χ3v) is 4.96. The van der Waals surface area contributed by atoms with Gasteiger partial charge in [-0.25, -0.2) is 4.79 Å². The Morgan fingerprint density at radius 3 is 2.61 bits per heavy atom. The summed E-state index contributed by atoms with van der Waals surface area (Å²) in [4.78, 5) is 11.9. The maximum absolute atomic E-state index is 11.6. The molecule has 0 bridgehead atoms. The minimum Gasteiger partial charge on any atom is -0.408 e. The van der Waals surface area contributed by atoms with Gasteiger partial charge in [0.2, 0.25) is 0 Å². The normalized spacial score (nSPS) is 14.1. The molecule has 1 unspecified atom stereocenters. The number of alkyl halides is 1. The molecule has 0 fully saturated rings. The van der Waals surface area contributed by atoms with Crippen LogP contribution < -0.4 is 5.76 Å². The Morgan fingerprint density at radius 2 is 2.06 bits per heavy atom. The van der Waals surface area contributed by atoms with Crippen LogP contribution in [0, 0.1) is 5.41 Å². The third-order valence-electron chi connectivity index (χ3n) is 3.06. The molecule has 0 amide bonds. The topological polar surface area (TPSA) is 35.1 Å². The number of fused-ring (bicyclic) bond motifs is 1.